The van der Waals surface area contributed by atoms with Crippen LogP contribution in [0.5, 0.6) is 5.75 Å². The van der Waals surface area contributed by atoms with Gasteiger partial charge in [-0.25, -0.2) is 9.59 Å². The van der Waals surface area contributed by atoms with Crippen LogP contribution < -0.4 is 4.74 Å². The summed E-state index contributed by atoms with van der Waals surface area (Å²) in [4.78, 5) is 38.0. The largest absolute Gasteiger partial charge is 0.468 e. The smallest absolute Gasteiger partial charge is 0.344 e. The molecule has 0 heterocycles. The summed E-state index contributed by atoms with van der Waals surface area (Å²) < 4.78 is 27.5. The van der Waals surface area contributed by atoms with Crippen molar-refractivity contribution in [1.82, 2.24) is 0 Å². The van der Waals surface area contributed by atoms with E-state index in [9.17, 15) is 14.4 Å². The van der Waals surface area contributed by atoms with Gasteiger partial charge in [-0.15, -0.1) is 0 Å². The summed E-state index contributed by atoms with van der Waals surface area (Å²) >= 11 is 0. The zero-order valence-electron chi connectivity index (χ0n) is 21.1. The Kier molecular flexibility index (Phi) is 7.13. The maximum absolute atomic E-state index is 12.9. The van der Waals surface area contributed by atoms with Gasteiger partial charge in [-0.2, -0.15) is 0 Å². The minimum absolute atomic E-state index is 0.107. The molecule has 2 atom stereocenters. The molecule has 4 aliphatic rings. The monoisotopic (exact) mass is 488 g/mol. The summed E-state index contributed by atoms with van der Waals surface area (Å²) in [5, 5.41) is 0. The highest BCUT2D eigenvalue weighted by molar-refractivity contribution is 5.90. The van der Waals surface area contributed by atoms with Crippen molar-refractivity contribution in [2.45, 2.75) is 76.9 Å². The van der Waals surface area contributed by atoms with Crippen molar-refractivity contribution in [2.75, 3.05) is 20.5 Å². The highest BCUT2D eigenvalue weighted by atomic mass is 16.7. The Balaban J connectivity index is 1.35. The number of methoxy groups -OCH3 is 1. The van der Waals surface area contributed by atoms with Gasteiger partial charge in [-0.3, -0.25) is 4.79 Å². The third kappa shape index (κ3) is 5.63. The van der Waals surface area contributed by atoms with E-state index >= 15 is 0 Å². The van der Waals surface area contributed by atoms with Crippen LogP contribution in [0, 0.1) is 17.3 Å². The Hall–Kier alpha value is -2.61. The lowest BCUT2D eigenvalue weighted by Gasteiger charge is -2.60. The Morgan fingerprint density at radius 1 is 0.971 bits per heavy atom. The van der Waals surface area contributed by atoms with Crippen LogP contribution in [0.2, 0.25) is 0 Å². The molecule has 4 aliphatic carbocycles. The maximum atomic E-state index is 12.9. The van der Waals surface area contributed by atoms with Crippen molar-refractivity contribution in [1.29, 1.82) is 0 Å². The second-order valence-electron chi connectivity index (χ2n) is 11.1. The van der Waals surface area contributed by atoms with Crippen molar-refractivity contribution < 1.29 is 38.1 Å². The number of esters is 3. The van der Waals surface area contributed by atoms with Crippen LogP contribution in [0.4, 0.5) is 0 Å². The molecule has 0 radical (unpaired) electrons. The third-order valence-corrected chi connectivity index (χ3v) is 7.78. The Morgan fingerprint density at radius 3 is 2.14 bits per heavy atom. The van der Waals surface area contributed by atoms with Gasteiger partial charge in [0.05, 0.1) is 11.0 Å². The van der Waals surface area contributed by atoms with Gasteiger partial charge in [0.25, 0.3) is 0 Å². The van der Waals surface area contributed by atoms with Crippen LogP contribution in [0.1, 0.15) is 76.1 Å². The average Bonchev–Trinajstić information content (AvgIpc) is 2.80. The minimum Gasteiger partial charge on any atom is -0.468 e. The number of rotatable bonds is 10. The molecule has 0 spiro atoms. The fourth-order valence-electron chi connectivity index (χ4n) is 6.11. The normalized spacial score (nSPS) is 28.9. The lowest BCUT2D eigenvalue weighted by Crippen LogP contribution is -2.62. The quantitative estimate of drug-likeness (QED) is 0.271. The molecule has 4 bridgehead atoms. The van der Waals surface area contributed by atoms with Gasteiger partial charge in [0.1, 0.15) is 17.0 Å². The predicted octanol–water partition coefficient (Wildman–Crippen LogP) is 4.44. The molecule has 0 saturated heterocycles. The zero-order chi connectivity index (χ0) is 25.3. The van der Waals surface area contributed by atoms with Crippen LogP contribution in [-0.4, -0.2) is 49.6 Å². The predicted molar refractivity (Wildman–Crippen MR) is 126 cm³/mol. The first-order valence-electron chi connectivity index (χ1n) is 12.4. The van der Waals surface area contributed by atoms with Gasteiger partial charge in [-0.1, -0.05) is 6.92 Å². The van der Waals surface area contributed by atoms with E-state index in [1.807, 2.05) is 20.8 Å². The number of ether oxygens (including phenoxy) is 5. The molecular weight excluding hydrogens is 452 g/mol. The van der Waals surface area contributed by atoms with Crippen LogP contribution in [0.25, 0.3) is 0 Å². The van der Waals surface area contributed by atoms with E-state index in [1.54, 1.807) is 24.3 Å². The molecule has 1 aromatic carbocycles. The molecule has 4 saturated carbocycles. The molecule has 0 amide bonds. The molecule has 0 aromatic heterocycles. The fourth-order valence-corrected chi connectivity index (χ4v) is 6.11. The van der Waals surface area contributed by atoms with Crippen LogP contribution >= 0.6 is 0 Å². The highest BCUT2D eigenvalue weighted by Crippen LogP contribution is 2.60. The van der Waals surface area contributed by atoms with Gasteiger partial charge < -0.3 is 23.7 Å². The van der Waals surface area contributed by atoms with Crippen LogP contribution in [0.3, 0.4) is 0 Å². The Morgan fingerprint density at radius 2 is 1.57 bits per heavy atom. The molecule has 5 rings (SSSR count). The van der Waals surface area contributed by atoms with Crippen molar-refractivity contribution >= 4 is 17.9 Å². The molecule has 2 unspecified atom stereocenters. The van der Waals surface area contributed by atoms with Crippen LogP contribution in [0.15, 0.2) is 24.3 Å². The first kappa shape index (κ1) is 25.5. The molecule has 1 aromatic rings. The number of hydrogen-bond acceptors (Lipinski definition) is 8. The molecule has 0 N–H and O–H groups in total. The minimum atomic E-state index is -0.662. The topological polar surface area (TPSA) is 97.4 Å². The SMILES string of the molecule is CCC(C)(C)C(=O)OC12CC3CC(CC(OC(=O)COC(=O)c4ccc(OCOC)cc4)(C3)C1)C2. The number of carbonyl (C=O) groups is 3. The second-order valence-corrected chi connectivity index (χ2v) is 11.1. The number of carbonyl (C=O) groups excluding carboxylic acids is 3. The second kappa shape index (κ2) is 9.80. The summed E-state index contributed by atoms with van der Waals surface area (Å²) in [5.74, 6) is -0.0859. The number of hydrogen-bond donors (Lipinski definition) is 0. The van der Waals surface area contributed by atoms with Gasteiger partial charge in [0, 0.05) is 13.5 Å². The molecular formula is C27H36O8. The Bertz CT molecular complexity index is 936. The summed E-state index contributed by atoms with van der Waals surface area (Å²) in [6.07, 6.45) is 5.48. The molecule has 35 heavy (non-hydrogen) atoms. The van der Waals surface area contributed by atoms with Gasteiger partial charge in [0.15, 0.2) is 13.4 Å². The average molecular weight is 489 g/mol. The molecule has 0 aliphatic heterocycles. The summed E-state index contributed by atoms with van der Waals surface area (Å²) in [7, 11) is 1.52. The van der Waals surface area contributed by atoms with Gasteiger partial charge in [0.2, 0.25) is 0 Å². The summed E-state index contributed by atoms with van der Waals surface area (Å²) in [6, 6.07) is 6.38. The van der Waals surface area contributed by atoms with Crippen molar-refractivity contribution in [3.8, 4) is 5.75 Å². The third-order valence-electron chi connectivity index (χ3n) is 7.78. The highest BCUT2D eigenvalue weighted by Gasteiger charge is 2.62. The summed E-state index contributed by atoms with van der Waals surface area (Å²) in [6.45, 7) is 5.43. The van der Waals surface area contributed by atoms with E-state index in [-0.39, 0.29) is 12.8 Å². The first-order chi connectivity index (χ1) is 16.6. The van der Waals surface area contributed by atoms with Crippen molar-refractivity contribution in [2.24, 2.45) is 17.3 Å². The maximum Gasteiger partial charge on any atom is 0.344 e. The van der Waals surface area contributed by atoms with E-state index in [2.05, 4.69) is 0 Å². The van der Waals surface area contributed by atoms with E-state index < -0.39 is 35.2 Å². The molecule has 8 heteroatoms. The molecule has 192 valence electrons. The summed E-state index contributed by atoms with van der Waals surface area (Å²) in [5.41, 5.74) is -1.47. The lowest BCUT2D eigenvalue weighted by atomic mass is 9.52. The van der Waals surface area contributed by atoms with Crippen molar-refractivity contribution in [3.05, 3.63) is 29.8 Å². The van der Waals surface area contributed by atoms with E-state index in [4.69, 9.17) is 23.7 Å². The standard InChI is InChI=1S/C27H36O8/c1-5-25(2,3)24(30)35-27-13-18-10-19(14-27)12-26(11-18,16-27)34-22(28)15-32-23(29)20-6-8-21(9-7-20)33-17-31-4/h6-9,18-19H,5,10-17H2,1-4H3. The van der Waals surface area contributed by atoms with Gasteiger partial charge >= 0.3 is 17.9 Å². The van der Waals surface area contributed by atoms with E-state index in [1.165, 1.54) is 7.11 Å². The van der Waals surface area contributed by atoms with Crippen molar-refractivity contribution in [3.63, 3.8) is 0 Å². The fraction of sp³-hybridized carbons (Fsp3) is 0.667. The number of benzene rings is 1. The molecule has 4 fully saturated rings. The molecule has 8 nitrogen and oxygen atoms in total. The zero-order valence-corrected chi connectivity index (χ0v) is 21.1. The van der Waals surface area contributed by atoms with Crippen LogP contribution in [-0.2, 0) is 28.5 Å². The van der Waals surface area contributed by atoms with E-state index in [0.717, 1.165) is 32.1 Å². The lowest BCUT2D eigenvalue weighted by molar-refractivity contribution is -0.236. The van der Waals surface area contributed by atoms with Gasteiger partial charge in [-0.05, 0) is 88.5 Å². The Labute approximate surface area is 206 Å². The van der Waals surface area contributed by atoms with E-state index in [0.29, 0.717) is 36.0 Å². The first-order valence-corrected chi connectivity index (χ1v) is 12.4.